The van der Waals surface area contributed by atoms with Gasteiger partial charge in [0.25, 0.3) is 0 Å². The molecular formula is C34H30FN5O2S. The zero-order chi connectivity index (χ0) is 29.9. The van der Waals surface area contributed by atoms with Crippen LogP contribution in [0.3, 0.4) is 0 Å². The second-order valence-electron chi connectivity index (χ2n) is 10.4. The fourth-order valence-corrected chi connectivity index (χ4v) is 6.52. The maximum Gasteiger partial charge on any atom is 0.240 e. The highest BCUT2D eigenvalue weighted by molar-refractivity contribution is 8.00. The molecule has 3 heterocycles. The largest absolute Gasteiger partial charge is 0.350 e. The second kappa shape index (κ2) is 12.2. The lowest BCUT2D eigenvalue weighted by atomic mass is 9.99. The van der Waals surface area contributed by atoms with Gasteiger partial charge in [-0.2, -0.15) is 5.10 Å². The number of aromatic nitrogens is 3. The molecule has 0 bridgehead atoms. The van der Waals surface area contributed by atoms with E-state index in [0.29, 0.717) is 22.6 Å². The van der Waals surface area contributed by atoms with Gasteiger partial charge in [0.15, 0.2) is 0 Å². The Morgan fingerprint density at radius 3 is 2.56 bits per heavy atom. The van der Waals surface area contributed by atoms with E-state index in [4.69, 9.17) is 5.10 Å². The van der Waals surface area contributed by atoms with E-state index in [-0.39, 0.29) is 36.5 Å². The van der Waals surface area contributed by atoms with Crippen molar-refractivity contribution < 1.29 is 14.0 Å². The number of pyridine rings is 1. The van der Waals surface area contributed by atoms with E-state index < -0.39 is 5.25 Å². The van der Waals surface area contributed by atoms with Gasteiger partial charge in [-0.05, 0) is 48.7 Å². The molecule has 0 saturated heterocycles. The quantitative estimate of drug-likeness (QED) is 0.245. The van der Waals surface area contributed by atoms with Gasteiger partial charge in [-0.25, -0.2) is 9.07 Å². The molecule has 216 valence electrons. The Labute approximate surface area is 253 Å². The molecule has 1 atom stereocenters. The highest BCUT2D eigenvalue weighted by Gasteiger charge is 2.38. The van der Waals surface area contributed by atoms with Gasteiger partial charge in [0.2, 0.25) is 11.8 Å². The summed E-state index contributed by atoms with van der Waals surface area (Å²) in [5.41, 5.74) is 6.29. The number of carbonyl (C=O) groups excluding carboxylic acids is 2. The average molecular weight is 592 g/mol. The Bertz CT molecular complexity index is 1790. The molecule has 7 nitrogen and oxygen atoms in total. The van der Waals surface area contributed by atoms with Crippen LogP contribution in [0.4, 0.5) is 10.2 Å². The smallest absolute Gasteiger partial charge is 0.240 e. The number of amides is 2. The predicted molar refractivity (Wildman–Crippen MR) is 168 cm³/mol. The van der Waals surface area contributed by atoms with E-state index in [2.05, 4.69) is 10.3 Å². The number of anilines is 1. The monoisotopic (exact) mass is 591 g/mol. The molecule has 43 heavy (non-hydrogen) atoms. The summed E-state index contributed by atoms with van der Waals surface area (Å²) in [5, 5.41) is 7.49. The van der Waals surface area contributed by atoms with Gasteiger partial charge in [-0.15, -0.1) is 11.8 Å². The first kappa shape index (κ1) is 28.4. The molecule has 1 aliphatic heterocycles. The molecule has 9 heteroatoms. The summed E-state index contributed by atoms with van der Waals surface area (Å²) in [6.07, 6.45) is 3.36. The van der Waals surface area contributed by atoms with Crippen LogP contribution >= 0.6 is 11.8 Å². The van der Waals surface area contributed by atoms with Crippen LogP contribution in [0, 0.1) is 19.7 Å². The number of hydrogen-bond acceptors (Lipinski definition) is 5. The standard InChI is InChI=1S/C34H30FN5O2S/c1-22-10-8-16-28(23(22)2)40-34-31(32(38-40)25-12-4-3-5-13-25)33(26-14-6-7-15-27(26)35)43-21-30(42)39(34)20-29(41)37-19-24-11-9-17-36-18-24/h3-18,33H,19-21H2,1-2H3,(H,37,41)/t33-/m1/s1. The Kier molecular flexibility index (Phi) is 8.07. The van der Waals surface area contributed by atoms with Crippen LogP contribution in [0.25, 0.3) is 16.9 Å². The van der Waals surface area contributed by atoms with Crippen LogP contribution in [0.1, 0.15) is 33.1 Å². The number of hydrogen-bond donors (Lipinski definition) is 1. The minimum atomic E-state index is -0.544. The lowest BCUT2D eigenvalue weighted by molar-refractivity contribution is -0.123. The van der Waals surface area contributed by atoms with Crippen molar-refractivity contribution in [2.24, 2.45) is 0 Å². The van der Waals surface area contributed by atoms with Crippen molar-refractivity contribution in [3.05, 3.63) is 131 Å². The van der Waals surface area contributed by atoms with Gasteiger partial charge in [0, 0.05) is 35.6 Å². The van der Waals surface area contributed by atoms with Crippen LogP contribution in [-0.4, -0.2) is 38.9 Å². The fraction of sp³-hybridized carbons (Fsp3) is 0.176. The van der Waals surface area contributed by atoms with Gasteiger partial charge < -0.3 is 5.32 Å². The number of rotatable bonds is 7. The van der Waals surface area contributed by atoms with Crippen LogP contribution in [0.15, 0.2) is 97.3 Å². The molecule has 0 spiro atoms. The van der Waals surface area contributed by atoms with Crippen LogP contribution < -0.4 is 10.2 Å². The maximum atomic E-state index is 15.4. The number of carbonyl (C=O) groups is 2. The van der Waals surface area contributed by atoms with Gasteiger partial charge in [0.05, 0.1) is 22.4 Å². The molecule has 0 unspecified atom stereocenters. The number of thioether (sulfide) groups is 1. The molecule has 2 amide bonds. The molecule has 5 aromatic rings. The summed E-state index contributed by atoms with van der Waals surface area (Å²) in [7, 11) is 0. The van der Waals surface area contributed by atoms with Gasteiger partial charge >= 0.3 is 0 Å². The van der Waals surface area contributed by atoms with E-state index in [1.807, 2.05) is 68.4 Å². The highest BCUT2D eigenvalue weighted by atomic mass is 32.2. The van der Waals surface area contributed by atoms with E-state index in [1.54, 1.807) is 41.3 Å². The first-order valence-corrected chi connectivity index (χ1v) is 15.0. The van der Waals surface area contributed by atoms with Gasteiger partial charge in [-0.3, -0.25) is 19.5 Å². The lowest BCUT2D eigenvalue weighted by Crippen LogP contribution is -2.42. The molecule has 6 rings (SSSR count). The summed E-state index contributed by atoms with van der Waals surface area (Å²) >= 11 is 1.34. The topological polar surface area (TPSA) is 80.1 Å². The Balaban J connectivity index is 1.55. The SMILES string of the molecule is Cc1cccc(-n2nc(-c3ccccc3)c3c2N(CC(=O)NCc2cccnc2)C(=O)CS[C@@H]3c2ccccc2F)c1C. The first-order valence-electron chi connectivity index (χ1n) is 14.0. The zero-order valence-corrected chi connectivity index (χ0v) is 24.6. The number of aryl methyl sites for hydroxylation is 1. The van der Waals surface area contributed by atoms with Crippen molar-refractivity contribution in [1.29, 1.82) is 0 Å². The van der Waals surface area contributed by atoms with Crippen molar-refractivity contribution in [2.45, 2.75) is 25.6 Å². The fourth-order valence-electron chi connectivity index (χ4n) is 5.30. The molecule has 2 aromatic heterocycles. The highest BCUT2D eigenvalue weighted by Crippen LogP contribution is 2.49. The van der Waals surface area contributed by atoms with Crippen LogP contribution in [-0.2, 0) is 16.1 Å². The van der Waals surface area contributed by atoms with Gasteiger partial charge in [-0.1, -0.05) is 66.7 Å². The van der Waals surface area contributed by atoms with Gasteiger partial charge in [0.1, 0.15) is 18.2 Å². The summed E-state index contributed by atoms with van der Waals surface area (Å²) in [5.74, 6) is -0.419. The third-order valence-electron chi connectivity index (χ3n) is 7.64. The van der Waals surface area contributed by atoms with Crippen LogP contribution in [0.5, 0.6) is 0 Å². The van der Waals surface area contributed by atoms with Crippen LogP contribution in [0.2, 0.25) is 0 Å². The van der Waals surface area contributed by atoms with Crippen molar-refractivity contribution in [3.8, 4) is 16.9 Å². The molecule has 0 radical (unpaired) electrons. The average Bonchev–Trinajstić information content (AvgIpc) is 3.35. The molecule has 1 aliphatic rings. The number of nitrogens with zero attached hydrogens (tertiary/aromatic N) is 4. The molecule has 0 aliphatic carbocycles. The summed E-state index contributed by atoms with van der Waals surface area (Å²) in [4.78, 5) is 32.9. The predicted octanol–water partition coefficient (Wildman–Crippen LogP) is 6.18. The van der Waals surface area contributed by atoms with E-state index in [9.17, 15) is 9.59 Å². The molecule has 0 saturated carbocycles. The normalized spacial score (nSPS) is 14.7. The maximum absolute atomic E-state index is 15.4. The van der Waals surface area contributed by atoms with Crippen molar-refractivity contribution in [3.63, 3.8) is 0 Å². The summed E-state index contributed by atoms with van der Waals surface area (Å²) < 4.78 is 17.2. The van der Waals surface area contributed by atoms with Crippen molar-refractivity contribution in [1.82, 2.24) is 20.1 Å². The van der Waals surface area contributed by atoms with E-state index in [0.717, 1.165) is 27.9 Å². The molecule has 1 N–H and O–H groups in total. The molecule has 0 fully saturated rings. The summed E-state index contributed by atoms with van der Waals surface area (Å²) in [6, 6.07) is 25.9. The first-order chi connectivity index (χ1) is 20.9. The Hall–Kier alpha value is -4.76. The Morgan fingerprint density at radius 2 is 1.79 bits per heavy atom. The lowest BCUT2D eigenvalue weighted by Gasteiger charge is -2.24. The number of nitrogens with one attached hydrogen (secondary N) is 1. The number of benzene rings is 3. The van der Waals surface area contributed by atoms with E-state index >= 15 is 4.39 Å². The van der Waals surface area contributed by atoms with Crippen molar-refractivity contribution >= 4 is 29.4 Å². The zero-order valence-electron chi connectivity index (χ0n) is 23.8. The third kappa shape index (κ3) is 5.68. The van der Waals surface area contributed by atoms with E-state index in [1.165, 1.54) is 22.7 Å². The molecular weight excluding hydrogens is 561 g/mol. The third-order valence-corrected chi connectivity index (χ3v) is 8.88. The number of fused-ring (bicyclic) bond motifs is 1. The minimum absolute atomic E-state index is 0.0601. The Morgan fingerprint density at radius 1 is 1.00 bits per heavy atom. The second-order valence-corrected chi connectivity index (χ2v) is 11.5. The number of halogens is 1. The molecule has 3 aromatic carbocycles. The minimum Gasteiger partial charge on any atom is -0.350 e. The summed E-state index contributed by atoms with van der Waals surface area (Å²) in [6.45, 7) is 4.08. The van der Waals surface area contributed by atoms with Crippen molar-refractivity contribution in [2.75, 3.05) is 17.2 Å².